The molecule has 0 saturated heterocycles. The van der Waals surface area contributed by atoms with Crippen LogP contribution in [0.3, 0.4) is 0 Å². The molecular formula is C12H18N2O2. The van der Waals surface area contributed by atoms with Gasteiger partial charge in [-0.25, -0.2) is 4.98 Å². The number of aliphatic hydroxyl groups excluding tert-OH is 2. The standard InChI is InChI=1S/C12H18N2O2/c1-9(16)10-2-5-12(13-8-10)14(6-7-15)11-3-4-11/h2,5,8-9,11,15-16H,3-4,6-7H2,1H3/t9-/m1/s1. The molecule has 0 radical (unpaired) electrons. The molecule has 1 saturated carbocycles. The minimum absolute atomic E-state index is 0.149. The molecule has 0 unspecified atom stereocenters. The molecule has 0 spiro atoms. The fourth-order valence-corrected chi connectivity index (χ4v) is 1.79. The van der Waals surface area contributed by atoms with Gasteiger partial charge in [-0.05, 0) is 31.4 Å². The van der Waals surface area contributed by atoms with Gasteiger partial charge >= 0.3 is 0 Å². The first-order chi connectivity index (χ1) is 7.72. The van der Waals surface area contributed by atoms with Crippen molar-refractivity contribution in [2.24, 2.45) is 0 Å². The molecule has 1 aromatic heterocycles. The molecule has 1 atom stereocenters. The van der Waals surface area contributed by atoms with Crippen molar-refractivity contribution in [2.45, 2.75) is 31.9 Å². The van der Waals surface area contributed by atoms with Crippen molar-refractivity contribution in [1.29, 1.82) is 0 Å². The van der Waals surface area contributed by atoms with Gasteiger partial charge in [0.1, 0.15) is 5.82 Å². The molecule has 1 heterocycles. The van der Waals surface area contributed by atoms with E-state index in [0.29, 0.717) is 12.6 Å². The Morgan fingerprint density at radius 2 is 2.25 bits per heavy atom. The van der Waals surface area contributed by atoms with E-state index < -0.39 is 6.10 Å². The van der Waals surface area contributed by atoms with Crippen molar-refractivity contribution in [3.05, 3.63) is 23.9 Å². The molecule has 1 aliphatic carbocycles. The van der Waals surface area contributed by atoms with E-state index in [9.17, 15) is 5.11 Å². The average molecular weight is 222 g/mol. The lowest BCUT2D eigenvalue weighted by Gasteiger charge is -2.22. The lowest BCUT2D eigenvalue weighted by Crippen LogP contribution is -2.29. The number of hydrogen-bond donors (Lipinski definition) is 2. The van der Waals surface area contributed by atoms with Crippen LogP contribution in [0.15, 0.2) is 18.3 Å². The van der Waals surface area contributed by atoms with Gasteiger partial charge in [0.05, 0.1) is 12.7 Å². The normalized spacial score (nSPS) is 17.2. The third-order valence-corrected chi connectivity index (χ3v) is 2.88. The van der Waals surface area contributed by atoms with Crippen molar-refractivity contribution in [1.82, 2.24) is 4.98 Å². The Hall–Kier alpha value is -1.13. The summed E-state index contributed by atoms with van der Waals surface area (Å²) < 4.78 is 0. The van der Waals surface area contributed by atoms with Crippen molar-refractivity contribution in [3.8, 4) is 0 Å². The molecule has 0 aromatic carbocycles. The minimum Gasteiger partial charge on any atom is -0.395 e. The van der Waals surface area contributed by atoms with Gasteiger partial charge in [0.25, 0.3) is 0 Å². The first-order valence-electron chi connectivity index (χ1n) is 5.74. The Morgan fingerprint density at radius 3 is 2.69 bits per heavy atom. The first kappa shape index (κ1) is 11.4. The van der Waals surface area contributed by atoms with Crippen LogP contribution in [0.1, 0.15) is 31.4 Å². The zero-order valence-electron chi connectivity index (χ0n) is 9.50. The first-order valence-corrected chi connectivity index (χ1v) is 5.74. The Bertz CT molecular complexity index is 333. The molecule has 1 aliphatic rings. The predicted octanol–water partition coefficient (Wildman–Crippen LogP) is 1.10. The summed E-state index contributed by atoms with van der Waals surface area (Å²) in [5.41, 5.74) is 0.823. The second-order valence-corrected chi connectivity index (χ2v) is 4.27. The zero-order chi connectivity index (χ0) is 11.5. The average Bonchev–Trinajstić information content (AvgIpc) is 3.10. The third-order valence-electron chi connectivity index (χ3n) is 2.88. The molecule has 0 bridgehead atoms. The number of hydrogen-bond acceptors (Lipinski definition) is 4. The van der Waals surface area contributed by atoms with E-state index in [1.165, 1.54) is 12.8 Å². The van der Waals surface area contributed by atoms with Crippen LogP contribution in [0.4, 0.5) is 5.82 Å². The summed E-state index contributed by atoms with van der Waals surface area (Å²) in [6.07, 6.45) is 3.58. The number of nitrogens with zero attached hydrogens (tertiary/aromatic N) is 2. The van der Waals surface area contributed by atoms with Crippen LogP contribution >= 0.6 is 0 Å². The van der Waals surface area contributed by atoms with Crippen LogP contribution in [0, 0.1) is 0 Å². The van der Waals surface area contributed by atoms with E-state index in [1.807, 2.05) is 12.1 Å². The summed E-state index contributed by atoms with van der Waals surface area (Å²) in [5, 5.41) is 18.4. The van der Waals surface area contributed by atoms with Gasteiger partial charge in [-0.3, -0.25) is 0 Å². The maximum absolute atomic E-state index is 9.38. The van der Waals surface area contributed by atoms with Crippen molar-refractivity contribution >= 4 is 5.82 Å². The van der Waals surface area contributed by atoms with E-state index in [0.717, 1.165) is 11.4 Å². The molecule has 88 valence electrons. The van der Waals surface area contributed by atoms with Crippen molar-refractivity contribution in [2.75, 3.05) is 18.1 Å². The highest BCUT2D eigenvalue weighted by Crippen LogP contribution is 2.30. The zero-order valence-corrected chi connectivity index (χ0v) is 9.50. The van der Waals surface area contributed by atoms with Crippen LogP contribution in [0.5, 0.6) is 0 Å². The van der Waals surface area contributed by atoms with Gasteiger partial charge in [-0.15, -0.1) is 0 Å². The van der Waals surface area contributed by atoms with Crippen LogP contribution in [-0.2, 0) is 0 Å². The molecule has 4 heteroatoms. The predicted molar refractivity (Wildman–Crippen MR) is 62.3 cm³/mol. The van der Waals surface area contributed by atoms with Crippen molar-refractivity contribution in [3.63, 3.8) is 0 Å². The van der Waals surface area contributed by atoms with E-state index >= 15 is 0 Å². The molecule has 4 nitrogen and oxygen atoms in total. The quantitative estimate of drug-likeness (QED) is 0.783. The molecular weight excluding hydrogens is 204 g/mol. The van der Waals surface area contributed by atoms with Crippen LogP contribution in [0.25, 0.3) is 0 Å². The summed E-state index contributed by atoms with van der Waals surface area (Å²) in [4.78, 5) is 6.47. The van der Waals surface area contributed by atoms with Gasteiger partial charge in [0.2, 0.25) is 0 Å². The third kappa shape index (κ3) is 2.51. The van der Waals surface area contributed by atoms with E-state index in [1.54, 1.807) is 13.1 Å². The monoisotopic (exact) mass is 222 g/mol. The van der Waals surface area contributed by atoms with E-state index in [2.05, 4.69) is 9.88 Å². The van der Waals surface area contributed by atoms with Gasteiger partial charge in [-0.1, -0.05) is 6.07 Å². The Labute approximate surface area is 95.5 Å². The van der Waals surface area contributed by atoms with Crippen LogP contribution < -0.4 is 4.90 Å². The van der Waals surface area contributed by atoms with Crippen LogP contribution in [0.2, 0.25) is 0 Å². The number of rotatable bonds is 5. The molecule has 1 fully saturated rings. The van der Waals surface area contributed by atoms with E-state index in [4.69, 9.17) is 5.11 Å². The number of pyridine rings is 1. The van der Waals surface area contributed by atoms with Crippen molar-refractivity contribution < 1.29 is 10.2 Å². The molecule has 16 heavy (non-hydrogen) atoms. The minimum atomic E-state index is -0.478. The van der Waals surface area contributed by atoms with Crippen LogP contribution in [-0.4, -0.2) is 34.4 Å². The molecule has 1 aromatic rings. The number of aliphatic hydroxyl groups is 2. The second-order valence-electron chi connectivity index (χ2n) is 4.27. The smallest absolute Gasteiger partial charge is 0.128 e. The highest BCUT2D eigenvalue weighted by molar-refractivity contribution is 5.42. The maximum Gasteiger partial charge on any atom is 0.128 e. The van der Waals surface area contributed by atoms with Gasteiger partial charge in [0, 0.05) is 18.8 Å². The second kappa shape index (κ2) is 4.80. The highest BCUT2D eigenvalue weighted by Gasteiger charge is 2.29. The molecule has 2 N–H and O–H groups in total. The molecule has 2 rings (SSSR count). The maximum atomic E-state index is 9.38. The summed E-state index contributed by atoms with van der Waals surface area (Å²) in [5.74, 6) is 0.890. The topological polar surface area (TPSA) is 56.6 Å². The summed E-state index contributed by atoms with van der Waals surface area (Å²) >= 11 is 0. The van der Waals surface area contributed by atoms with Gasteiger partial charge in [0.15, 0.2) is 0 Å². The van der Waals surface area contributed by atoms with E-state index in [-0.39, 0.29) is 6.61 Å². The molecule has 0 aliphatic heterocycles. The highest BCUT2D eigenvalue weighted by atomic mass is 16.3. The summed E-state index contributed by atoms with van der Waals surface area (Å²) in [6.45, 7) is 2.51. The lowest BCUT2D eigenvalue weighted by molar-refractivity contribution is 0.199. The largest absolute Gasteiger partial charge is 0.395 e. The number of aromatic nitrogens is 1. The lowest BCUT2D eigenvalue weighted by atomic mass is 10.2. The van der Waals surface area contributed by atoms with Gasteiger partial charge < -0.3 is 15.1 Å². The Balaban J connectivity index is 2.11. The Morgan fingerprint density at radius 1 is 1.50 bits per heavy atom. The SMILES string of the molecule is C[C@@H](O)c1ccc(N(CCO)C2CC2)nc1. The fourth-order valence-electron chi connectivity index (χ4n) is 1.79. The molecule has 0 amide bonds. The summed E-state index contributed by atoms with van der Waals surface area (Å²) in [7, 11) is 0. The fraction of sp³-hybridized carbons (Fsp3) is 0.583. The van der Waals surface area contributed by atoms with Gasteiger partial charge in [-0.2, -0.15) is 0 Å². The Kier molecular flexibility index (Phi) is 3.41. The number of anilines is 1. The summed E-state index contributed by atoms with van der Waals surface area (Å²) in [6, 6.07) is 4.34.